The topological polar surface area (TPSA) is 41.7 Å². The second-order valence-electron chi connectivity index (χ2n) is 7.45. The van der Waals surface area contributed by atoms with Gasteiger partial charge in [-0.2, -0.15) is 0 Å². The van der Waals surface area contributed by atoms with Crippen molar-refractivity contribution in [3.05, 3.63) is 54.2 Å². The van der Waals surface area contributed by atoms with E-state index in [1.807, 2.05) is 0 Å². The number of rotatable bonds is 5. The van der Waals surface area contributed by atoms with Gasteiger partial charge < -0.3 is 9.26 Å². The van der Waals surface area contributed by atoms with Gasteiger partial charge in [0, 0.05) is 37.3 Å². The van der Waals surface area contributed by atoms with Gasteiger partial charge in [-0.15, -0.1) is 0 Å². The van der Waals surface area contributed by atoms with Gasteiger partial charge in [-0.3, -0.25) is 9.80 Å². The van der Waals surface area contributed by atoms with Crippen LogP contribution in [0.15, 0.2) is 53.1 Å². The van der Waals surface area contributed by atoms with Crippen LogP contribution in [0.5, 0.6) is 0 Å². The molecule has 2 fully saturated rings. The molecule has 2 aliphatic heterocycles. The Balaban J connectivity index is 1.23. The SMILES string of the molecule is CN(C1COC1)C1CN(Cc2cc(-c3ccc4ccccc4c3)on2)C1. The summed E-state index contributed by atoms with van der Waals surface area (Å²) >= 11 is 0. The minimum Gasteiger partial charge on any atom is -0.378 e. The Morgan fingerprint density at radius 2 is 1.85 bits per heavy atom. The van der Waals surface area contributed by atoms with Gasteiger partial charge in [0.15, 0.2) is 5.76 Å². The summed E-state index contributed by atoms with van der Waals surface area (Å²) in [6, 6.07) is 18.1. The molecule has 3 heterocycles. The molecule has 0 unspecified atom stereocenters. The van der Waals surface area contributed by atoms with E-state index in [2.05, 4.69) is 70.5 Å². The molecule has 5 heteroatoms. The van der Waals surface area contributed by atoms with Crippen molar-refractivity contribution in [2.75, 3.05) is 33.4 Å². The molecule has 2 aromatic carbocycles. The Morgan fingerprint density at radius 3 is 2.62 bits per heavy atom. The standard InChI is InChI=1S/C21H23N3O2/c1-23(20-13-25-14-20)19-11-24(12-19)10-18-9-21(26-22-18)17-7-6-15-4-2-3-5-16(15)8-17/h2-9,19-20H,10-14H2,1H3. The lowest BCUT2D eigenvalue weighted by Crippen LogP contribution is -2.63. The van der Waals surface area contributed by atoms with E-state index in [-0.39, 0.29) is 0 Å². The summed E-state index contributed by atoms with van der Waals surface area (Å²) in [5.41, 5.74) is 2.08. The number of fused-ring (bicyclic) bond motifs is 1. The monoisotopic (exact) mass is 349 g/mol. The zero-order chi connectivity index (χ0) is 17.5. The number of benzene rings is 2. The second-order valence-corrected chi connectivity index (χ2v) is 7.45. The van der Waals surface area contributed by atoms with Crippen LogP contribution < -0.4 is 0 Å². The van der Waals surface area contributed by atoms with Gasteiger partial charge in [0.1, 0.15) is 0 Å². The summed E-state index contributed by atoms with van der Waals surface area (Å²) in [6.45, 7) is 4.79. The lowest BCUT2D eigenvalue weighted by molar-refractivity contribution is -0.0940. The molecule has 0 atom stereocenters. The van der Waals surface area contributed by atoms with Crippen LogP contribution in [0.1, 0.15) is 5.69 Å². The summed E-state index contributed by atoms with van der Waals surface area (Å²) in [7, 11) is 2.21. The minimum atomic E-state index is 0.605. The Bertz CT molecular complexity index is 912. The fourth-order valence-electron chi connectivity index (χ4n) is 3.78. The molecule has 0 bridgehead atoms. The smallest absolute Gasteiger partial charge is 0.167 e. The van der Waals surface area contributed by atoms with Crippen molar-refractivity contribution >= 4 is 10.8 Å². The predicted molar refractivity (Wildman–Crippen MR) is 101 cm³/mol. The molecule has 26 heavy (non-hydrogen) atoms. The maximum Gasteiger partial charge on any atom is 0.167 e. The molecule has 1 aromatic heterocycles. The molecule has 0 amide bonds. The summed E-state index contributed by atoms with van der Waals surface area (Å²) in [4.78, 5) is 4.88. The Kier molecular flexibility index (Phi) is 4.00. The average molecular weight is 349 g/mol. The van der Waals surface area contributed by atoms with Crippen LogP contribution in [0.25, 0.3) is 22.1 Å². The highest BCUT2D eigenvalue weighted by atomic mass is 16.5. The number of hydrogen-bond acceptors (Lipinski definition) is 5. The van der Waals surface area contributed by atoms with E-state index >= 15 is 0 Å². The van der Waals surface area contributed by atoms with Gasteiger partial charge in [-0.1, -0.05) is 41.6 Å². The summed E-state index contributed by atoms with van der Waals surface area (Å²) in [5.74, 6) is 0.839. The first-order valence-electron chi connectivity index (χ1n) is 9.23. The van der Waals surface area contributed by atoms with Gasteiger partial charge in [0.05, 0.1) is 24.9 Å². The van der Waals surface area contributed by atoms with Gasteiger partial charge in [0.25, 0.3) is 0 Å². The third-order valence-electron chi connectivity index (χ3n) is 5.69. The molecular formula is C21H23N3O2. The molecular weight excluding hydrogens is 326 g/mol. The van der Waals surface area contributed by atoms with Crippen molar-refractivity contribution in [1.29, 1.82) is 0 Å². The predicted octanol–water partition coefficient (Wildman–Crippen LogP) is 3.01. The van der Waals surface area contributed by atoms with Crippen LogP contribution in [0.4, 0.5) is 0 Å². The van der Waals surface area contributed by atoms with Gasteiger partial charge in [-0.05, 0) is 23.9 Å². The van der Waals surface area contributed by atoms with Crippen LogP contribution in [-0.4, -0.2) is 60.4 Å². The lowest BCUT2D eigenvalue weighted by Gasteiger charge is -2.48. The zero-order valence-corrected chi connectivity index (χ0v) is 15.0. The summed E-state index contributed by atoms with van der Waals surface area (Å²) < 4.78 is 10.9. The molecule has 0 aliphatic carbocycles. The lowest BCUT2D eigenvalue weighted by atomic mass is 10.0. The highest BCUT2D eigenvalue weighted by Gasteiger charge is 2.36. The second kappa shape index (κ2) is 6.50. The number of ether oxygens (including phenoxy) is 1. The van der Waals surface area contributed by atoms with Crippen molar-refractivity contribution in [3.8, 4) is 11.3 Å². The maximum atomic E-state index is 5.60. The van der Waals surface area contributed by atoms with E-state index in [9.17, 15) is 0 Å². The molecule has 2 saturated heterocycles. The fourth-order valence-corrected chi connectivity index (χ4v) is 3.78. The van der Waals surface area contributed by atoms with Crippen molar-refractivity contribution in [2.24, 2.45) is 0 Å². The number of likely N-dealkylation sites (N-methyl/N-ethyl adjacent to an activating group) is 1. The molecule has 0 spiro atoms. The van der Waals surface area contributed by atoms with E-state index < -0.39 is 0 Å². The largest absolute Gasteiger partial charge is 0.378 e. The molecule has 134 valence electrons. The third-order valence-corrected chi connectivity index (χ3v) is 5.69. The average Bonchev–Trinajstić information content (AvgIpc) is 3.04. The zero-order valence-electron chi connectivity index (χ0n) is 15.0. The molecule has 2 aliphatic rings. The molecule has 0 saturated carbocycles. The van der Waals surface area contributed by atoms with Crippen LogP contribution in [0.3, 0.4) is 0 Å². The van der Waals surface area contributed by atoms with E-state index in [1.54, 1.807) is 0 Å². The Labute approximate surface area is 153 Å². The van der Waals surface area contributed by atoms with Gasteiger partial charge in [-0.25, -0.2) is 0 Å². The third kappa shape index (κ3) is 2.92. The molecule has 0 radical (unpaired) electrons. The van der Waals surface area contributed by atoms with Crippen LogP contribution in [-0.2, 0) is 11.3 Å². The number of nitrogens with zero attached hydrogens (tertiary/aromatic N) is 3. The van der Waals surface area contributed by atoms with Crippen LogP contribution in [0, 0.1) is 0 Å². The molecule has 5 nitrogen and oxygen atoms in total. The van der Waals surface area contributed by atoms with Crippen molar-refractivity contribution in [1.82, 2.24) is 15.0 Å². The van der Waals surface area contributed by atoms with E-state index in [4.69, 9.17) is 9.26 Å². The van der Waals surface area contributed by atoms with E-state index in [1.165, 1.54) is 10.8 Å². The van der Waals surface area contributed by atoms with Crippen LogP contribution >= 0.6 is 0 Å². The molecule has 0 N–H and O–H groups in total. The minimum absolute atomic E-state index is 0.605. The maximum absolute atomic E-state index is 5.60. The van der Waals surface area contributed by atoms with E-state index in [0.717, 1.165) is 49.9 Å². The van der Waals surface area contributed by atoms with E-state index in [0.29, 0.717) is 12.1 Å². The quantitative estimate of drug-likeness (QED) is 0.708. The highest BCUT2D eigenvalue weighted by Crippen LogP contribution is 2.26. The normalized spacial score (nSPS) is 19.0. The summed E-state index contributed by atoms with van der Waals surface area (Å²) in [6.07, 6.45) is 0. The Morgan fingerprint density at radius 1 is 1.04 bits per heavy atom. The first-order chi connectivity index (χ1) is 12.8. The van der Waals surface area contributed by atoms with Gasteiger partial charge >= 0.3 is 0 Å². The van der Waals surface area contributed by atoms with Crippen molar-refractivity contribution in [3.63, 3.8) is 0 Å². The Hall–Kier alpha value is -2.21. The van der Waals surface area contributed by atoms with Crippen LogP contribution in [0.2, 0.25) is 0 Å². The summed E-state index contributed by atoms with van der Waals surface area (Å²) in [5, 5.41) is 6.73. The first-order valence-corrected chi connectivity index (χ1v) is 9.23. The number of hydrogen-bond donors (Lipinski definition) is 0. The number of aromatic nitrogens is 1. The molecule has 3 aromatic rings. The first kappa shape index (κ1) is 16.0. The van der Waals surface area contributed by atoms with Crippen molar-refractivity contribution < 1.29 is 9.26 Å². The number of likely N-dealkylation sites (tertiary alicyclic amines) is 1. The van der Waals surface area contributed by atoms with Gasteiger partial charge in [0.2, 0.25) is 0 Å². The van der Waals surface area contributed by atoms with Crippen molar-refractivity contribution in [2.45, 2.75) is 18.6 Å². The fraction of sp³-hybridized carbons (Fsp3) is 0.381. The highest BCUT2D eigenvalue weighted by molar-refractivity contribution is 5.86. The molecule has 5 rings (SSSR count).